The van der Waals surface area contributed by atoms with Crippen molar-refractivity contribution in [2.24, 2.45) is 5.73 Å². The van der Waals surface area contributed by atoms with Crippen LogP contribution in [-0.4, -0.2) is 23.9 Å². The van der Waals surface area contributed by atoms with E-state index in [0.29, 0.717) is 31.6 Å². The van der Waals surface area contributed by atoms with Crippen molar-refractivity contribution in [1.82, 2.24) is 4.90 Å². The molecule has 2 aromatic carbocycles. The molecule has 0 fully saturated rings. The Labute approximate surface area is 183 Å². The molecule has 0 radical (unpaired) electrons. The van der Waals surface area contributed by atoms with Gasteiger partial charge in [0.25, 0.3) is 5.91 Å². The van der Waals surface area contributed by atoms with Gasteiger partial charge in [0.15, 0.2) is 0 Å². The topological polar surface area (TPSA) is 55.6 Å². The molecule has 1 heterocycles. The Bertz CT molecular complexity index is 990. The highest BCUT2D eigenvalue weighted by Crippen LogP contribution is 2.32. The maximum Gasteiger partial charge on any atom is 0.416 e. The summed E-state index contributed by atoms with van der Waals surface area (Å²) in [6.07, 6.45) is -3.84. The fourth-order valence-electron chi connectivity index (χ4n) is 3.14. The molecule has 0 unspecified atom stereocenters. The standard InChI is InChI=1S/C23H23F3N2O2S/c24-23(25,26)20-10-3-1-7-17(20)16-30-21-11-4-2-9-19(21)22(29)28(13-6-12-27)15-18-8-5-14-31-18/h1-5,7-11,14H,6,12-13,15-16,27H2. The highest BCUT2D eigenvalue weighted by molar-refractivity contribution is 7.09. The minimum atomic E-state index is -4.48. The minimum Gasteiger partial charge on any atom is -0.488 e. The summed E-state index contributed by atoms with van der Waals surface area (Å²) >= 11 is 1.55. The molecule has 2 N–H and O–H groups in total. The zero-order chi connectivity index (χ0) is 22.3. The molecule has 8 heteroatoms. The second kappa shape index (κ2) is 10.5. The predicted molar refractivity (Wildman–Crippen MR) is 115 cm³/mol. The molecule has 164 valence electrons. The number of carbonyl (C=O) groups is 1. The summed E-state index contributed by atoms with van der Waals surface area (Å²) in [5, 5.41) is 1.94. The first-order valence-corrected chi connectivity index (χ1v) is 10.7. The number of hydrogen-bond acceptors (Lipinski definition) is 4. The number of halogens is 3. The van der Waals surface area contributed by atoms with Crippen LogP contribution in [0.25, 0.3) is 0 Å². The van der Waals surface area contributed by atoms with E-state index in [1.807, 2.05) is 17.5 Å². The van der Waals surface area contributed by atoms with E-state index in [-0.39, 0.29) is 23.8 Å². The number of amides is 1. The lowest BCUT2D eigenvalue weighted by molar-refractivity contribution is -0.138. The summed E-state index contributed by atoms with van der Waals surface area (Å²) in [5.74, 6) is -0.00466. The average molecular weight is 449 g/mol. The van der Waals surface area contributed by atoms with Gasteiger partial charge in [-0.2, -0.15) is 13.2 Å². The first-order chi connectivity index (χ1) is 14.9. The van der Waals surface area contributed by atoms with Crippen molar-refractivity contribution in [3.05, 3.63) is 87.6 Å². The number of hydrogen-bond donors (Lipinski definition) is 1. The summed E-state index contributed by atoms with van der Waals surface area (Å²) in [6.45, 7) is 1.05. The zero-order valence-corrected chi connectivity index (χ0v) is 17.6. The smallest absolute Gasteiger partial charge is 0.416 e. The van der Waals surface area contributed by atoms with Crippen LogP contribution >= 0.6 is 11.3 Å². The van der Waals surface area contributed by atoms with Gasteiger partial charge in [-0.3, -0.25) is 4.79 Å². The van der Waals surface area contributed by atoms with Gasteiger partial charge in [0, 0.05) is 17.0 Å². The summed E-state index contributed by atoms with van der Waals surface area (Å²) in [6, 6.07) is 15.7. The molecule has 4 nitrogen and oxygen atoms in total. The largest absolute Gasteiger partial charge is 0.488 e. The molecule has 1 aromatic heterocycles. The van der Waals surface area contributed by atoms with Crippen LogP contribution in [0.1, 0.15) is 32.8 Å². The van der Waals surface area contributed by atoms with Crippen molar-refractivity contribution < 1.29 is 22.7 Å². The van der Waals surface area contributed by atoms with Gasteiger partial charge in [-0.15, -0.1) is 11.3 Å². The van der Waals surface area contributed by atoms with E-state index in [1.54, 1.807) is 40.5 Å². The lowest BCUT2D eigenvalue weighted by atomic mass is 10.1. The Balaban J connectivity index is 1.81. The van der Waals surface area contributed by atoms with Gasteiger partial charge in [0.1, 0.15) is 12.4 Å². The first kappa shape index (κ1) is 22.8. The number of alkyl halides is 3. The van der Waals surface area contributed by atoms with Crippen molar-refractivity contribution >= 4 is 17.2 Å². The lowest BCUT2D eigenvalue weighted by Gasteiger charge is -2.23. The Hall–Kier alpha value is -2.84. The quantitative estimate of drug-likeness (QED) is 0.481. The molecule has 0 aliphatic carbocycles. The number of carbonyl (C=O) groups excluding carboxylic acids is 1. The third-order valence-electron chi connectivity index (χ3n) is 4.67. The van der Waals surface area contributed by atoms with E-state index < -0.39 is 11.7 Å². The van der Waals surface area contributed by atoms with Gasteiger partial charge in [0.2, 0.25) is 0 Å². The number of nitrogens with two attached hydrogens (primary N) is 1. The van der Waals surface area contributed by atoms with Crippen LogP contribution in [0.4, 0.5) is 13.2 Å². The number of nitrogens with zero attached hydrogens (tertiary/aromatic N) is 1. The normalized spacial score (nSPS) is 11.4. The molecule has 0 saturated heterocycles. The Morgan fingerprint density at radius 2 is 1.77 bits per heavy atom. The van der Waals surface area contributed by atoms with E-state index >= 15 is 0 Å². The molecule has 0 spiro atoms. The van der Waals surface area contributed by atoms with Crippen molar-refractivity contribution in [3.8, 4) is 5.75 Å². The number of ether oxygens (including phenoxy) is 1. The lowest BCUT2D eigenvalue weighted by Crippen LogP contribution is -2.32. The van der Waals surface area contributed by atoms with Gasteiger partial charge in [-0.25, -0.2) is 0 Å². The van der Waals surface area contributed by atoms with Crippen LogP contribution in [-0.2, 0) is 19.3 Å². The Kier molecular flexibility index (Phi) is 7.70. The Morgan fingerprint density at radius 3 is 2.48 bits per heavy atom. The molecule has 1 amide bonds. The molecule has 3 aromatic rings. The third-order valence-corrected chi connectivity index (χ3v) is 5.53. The SMILES string of the molecule is NCCCN(Cc1cccs1)C(=O)c1ccccc1OCc1ccccc1C(F)(F)F. The van der Waals surface area contributed by atoms with Crippen LogP contribution in [0.15, 0.2) is 66.0 Å². The van der Waals surface area contributed by atoms with Crippen LogP contribution in [0.5, 0.6) is 5.75 Å². The molecule has 0 bridgehead atoms. The molecule has 0 atom stereocenters. The molecule has 31 heavy (non-hydrogen) atoms. The maximum absolute atomic E-state index is 13.3. The highest BCUT2D eigenvalue weighted by Gasteiger charge is 2.33. The summed E-state index contributed by atoms with van der Waals surface area (Å²) in [7, 11) is 0. The zero-order valence-electron chi connectivity index (χ0n) is 16.8. The second-order valence-corrected chi connectivity index (χ2v) is 7.92. The van der Waals surface area contributed by atoms with Crippen LogP contribution in [0.2, 0.25) is 0 Å². The molecular formula is C23H23F3N2O2S. The third kappa shape index (κ3) is 6.08. The van der Waals surface area contributed by atoms with Crippen molar-refractivity contribution in [1.29, 1.82) is 0 Å². The predicted octanol–water partition coefficient (Wildman–Crippen LogP) is 5.34. The van der Waals surface area contributed by atoms with E-state index in [0.717, 1.165) is 10.9 Å². The molecule has 3 rings (SSSR count). The van der Waals surface area contributed by atoms with Gasteiger partial charge in [-0.05, 0) is 42.6 Å². The average Bonchev–Trinajstić information content (AvgIpc) is 3.27. The first-order valence-electron chi connectivity index (χ1n) is 9.79. The highest BCUT2D eigenvalue weighted by atomic mass is 32.1. The summed E-state index contributed by atoms with van der Waals surface area (Å²) in [5.41, 5.74) is 5.20. The van der Waals surface area contributed by atoms with Gasteiger partial charge in [-0.1, -0.05) is 36.4 Å². The van der Waals surface area contributed by atoms with Gasteiger partial charge >= 0.3 is 6.18 Å². The van der Waals surface area contributed by atoms with Crippen LogP contribution in [0.3, 0.4) is 0 Å². The summed E-state index contributed by atoms with van der Waals surface area (Å²) in [4.78, 5) is 16.0. The molecule has 0 aliphatic heterocycles. The van der Waals surface area contributed by atoms with Crippen molar-refractivity contribution in [2.75, 3.05) is 13.1 Å². The number of para-hydroxylation sites is 1. The van der Waals surface area contributed by atoms with Crippen molar-refractivity contribution in [3.63, 3.8) is 0 Å². The van der Waals surface area contributed by atoms with Crippen molar-refractivity contribution in [2.45, 2.75) is 25.7 Å². The number of rotatable bonds is 9. The van der Waals surface area contributed by atoms with Crippen LogP contribution < -0.4 is 10.5 Å². The minimum absolute atomic E-state index is 0.0100. The number of benzene rings is 2. The number of thiophene rings is 1. The second-order valence-electron chi connectivity index (χ2n) is 6.89. The van der Waals surface area contributed by atoms with Crippen LogP contribution in [0, 0.1) is 0 Å². The fraction of sp³-hybridized carbons (Fsp3) is 0.261. The maximum atomic E-state index is 13.3. The van der Waals surface area contributed by atoms with E-state index in [1.165, 1.54) is 18.2 Å². The molecule has 0 aliphatic rings. The Morgan fingerprint density at radius 1 is 1.03 bits per heavy atom. The van der Waals surface area contributed by atoms with E-state index in [2.05, 4.69) is 0 Å². The van der Waals surface area contributed by atoms with Gasteiger partial charge in [0.05, 0.1) is 17.7 Å². The fourth-order valence-corrected chi connectivity index (χ4v) is 3.86. The van der Waals surface area contributed by atoms with E-state index in [4.69, 9.17) is 10.5 Å². The molecular weight excluding hydrogens is 425 g/mol. The molecule has 0 saturated carbocycles. The van der Waals surface area contributed by atoms with Gasteiger partial charge < -0.3 is 15.4 Å². The monoisotopic (exact) mass is 448 g/mol. The summed E-state index contributed by atoms with van der Waals surface area (Å²) < 4.78 is 45.5. The van der Waals surface area contributed by atoms with E-state index in [9.17, 15) is 18.0 Å².